The second-order valence-electron chi connectivity index (χ2n) is 29.0. The van der Waals surface area contributed by atoms with Gasteiger partial charge in [-0.1, -0.05) is 231 Å². The first kappa shape index (κ1) is 62.2. The molecule has 6 aromatic rings. The maximum absolute atomic E-state index is 14.9. The van der Waals surface area contributed by atoms with Gasteiger partial charge >= 0.3 is 7.82 Å². The second kappa shape index (κ2) is 23.8. The third kappa shape index (κ3) is 13.5. The van der Waals surface area contributed by atoms with E-state index in [-0.39, 0.29) is 52.3 Å². The summed E-state index contributed by atoms with van der Waals surface area (Å²) < 4.78 is 33.7. The van der Waals surface area contributed by atoms with E-state index >= 15 is 0 Å². The molecular weight excluding hydrogens is 1030 g/mol. The van der Waals surface area contributed by atoms with Crippen molar-refractivity contribution in [2.75, 3.05) is 0 Å². The minimum atomic E-state index is -4.09. The van der Waals surface area contributed by atoms with Crippen LogP contribution in [-0.2, 0) is 89.7 Å². The first-order valence-electron chi connectivity index (χ1n) is 31.4. The molecule has 9 rings (SSSR count). The standard InChI is InChI=1S/C78H99O4P/c1-19-61-43-67-70(76(13,14)37-34-73(67,7)8)46-64(61)52(4)40-55-22-28-58(29-23-55)49-80-83(79,81-50-59-30-24-56(25-31-59)41-53(5)65-47-71-68(44-62(65)20-2)74(9,10)35-38-77(71,15)16)82-51-60-32-26-57(27-33-60)42-54(6)66-48-72-69(45-63(66)21-3)75(11,12)36-39-78(72,17)18/h22-33,40-48H,19-21,34-39,49-51H2,1-18H3/b52-40+,53-41+,54-42+. The molecule has 0 bridgehead atoms. The summed E-state index contributed by atoms with van der Waals surface area (Å²) in [5.74, 6) is 0. The zero-order chi connectivity index (χ0) is 60.1. The van der Waals surface area contributed by atoms with Crippen LogP contribution in [-0.4, -0.2) is 0 Å². The lowest BCUT2D eigenvalue weighted by Gasteiger charge is -2.42. The van der Waals surface area contributed by atoms with Gasteiger partial charge < -0.3 is 0 Å². The van der Waals surface area contributed by atoms with Crippen LogP contribution >= 0.6 is 7.82 Å². The van der Waals surface area contributed by atoms with E-state index in [0.717, 1.165) is 52.6 Å². The van der Waals surface area contributed by atoms with Gasteiger partial charge in [-0.2, -0.15) is 0 Å². The number of phosphoric acid groups is 1. The van der Waals surface area contributed by atoms with Gasteiger partial charge in [0.15, 0.2) is 0 Å². The zero-order valence-electron chi connectivity index (χ0n) is 54.2. The molecule has 0 aliphatic heterocycles. The number of phosphoric ester groups is 1. The number of rotatable bonds is 18. The van der Waals surface area contributed by atoms with Crippen LogP contribution in [0, 0.1) is 0 Å². The Hall–Kier alpha value is -5.35. The predicted octanol–water partition coefficient (Wildman–Crippen LogP) is 22.2. The molecule has 5 heteroatoms. The zero-order valence-corrected chi connectivity index (χ0v) is 55.1. The SMILES string of the molecule is CCc1cc2c(cc1/C(C)=C/c1ccc(COP(=O)(OCc3ccc(/C=C(\C)c4cc5c(cc4CC)C(C)(C)CCC5(C)C)cc3)OCc3ccc(/C=C(\C)c4cc5c(cc4CC)C(C)(C)CCC5(C)C)cc3)cc1)C(C)(C)CCC2(C)C. The van der Waals surface area contributed by atoms with Crippen LogP contribution in [0.4, 0.5) is 0 Å². The van der Waals surface area contributed by atoms with Crippen LogP contribution in [0.3, 0.4) is 0 Å². The first-order chi connectivity index (χ1) is 39.0. The Balaban J connectivity index is 0.931. The molecule has 0 heterocycles. The lowest BCUT2D eigenvalue weighted by atomic mass is 9.62. The van der Waals surface area contributed by atoms with Crippen molar-refractivity contribution in [1.29, 1.82) is 0 Å². The molecule has 6 aromatic carbocycles. The van der Waals surface area contributed by atoms with E-state index in [1.165, 1.54) is 122 Å². The first-order valence-corrected chi connectivity index (χ1v) is 32.8. The van der Waals surface area contributed by atoms with Crippen molar-refractivity contribution < 1.29 is 18.1 Å². The van der Waals surface area contributed by atoms with Crippen molar-refractivity contribution in [1.82, 2.24) is 0 Å². The summed E-state index contributed by atoms with van der Waals surface area (Å²) in [7, 11) is -4.09. The van der Waals surface area contributed by atoms with E-state index in [2.05, 4.69) is 252 Å². The Morgan fingerprint density at radius 3 is 0.771 bits per heavy atom. The van der Waals surface area contributed by atoms with Gasteiger partial charge in [-0.05, 0) is 228 Å². The fourth-order valence-electron chi connectivity index (χ4n) is 13.6. The molecule has 3 aliphatic rings. The van der Waals surface area contributed by atoms with Gasteiger partial charge in [0, 0.05) is 0 Å². The van der Waals surface area contributed by atoms with Crippen molar-refractivity contribution in [3.8, 4) is 0 Å². The van der Waals surface area contributed by atoms with Crippen molar-refractivity contribution in [2.45, 2.75) is 235 Å². The molecule has 3 aliphatic carbocycles. The van der Waals surface area contributed by atoms with Crippen molar-refractivity contribution in [3.63, 3.8) is 0 Å². The number of allylic oxidation sites excluding steroid dienone is 3. The van der Waals surface area contributed by atoms with E-state index < -0.39 is 7.82 Å². The third-order valence-electron chi connectivity index (χ3n) is 19.9. The molecular formula is C78H99O4P. The maximum Gasteiger partial charge on any atom is 0.475 e. The van der Waals surface area contributed by atoms with Gasteiger partial charge in [0.05, 0.1) is 19.8 Å². The van der Waals surface area contributed by atoms with Gasteiger partial charge in [0.25, 0.3) is 0 Å². The highest BCUT2D eigenvalue weighted by Crippen LogP contribution is 2.53. The number of fused-ring (bicyclic) bond motifs is 3. The van der Waals surface area contributed by atoms with Crippen LogP contribution < -0.4 is 0 Å². The Kier molecular flexibility index (Phi) is 17.9. The number of benzene rings is 6. The van der Waals surface area contributed by atoms with Crippen molar-refractivity contribution in [3.05, 3.63) is 209 Å². The molecule has 0 saturated heterocycles. The summed E-state index contributed by atoms with van der Waals surface area (Å²) in [4.78, 5) is 0. The topological polar surface area (TPSA) is 44.8 Å². The summed E-state index contributed by atoms with van der Waals surface area (Å²) in [5, 5.41) is 0. The molecule has 0 aromatic heterocycles. The van der Waals surface area contributed by atoms with Gasteiger partial charge in [-0.3, -0.25) is 13.6 Å². The van der Waals surface area contributed by atoms with E-state index in [1.54, 1.807) is 0 Å². The molecule has 0 N–H and O–H groups in total. The minimum absolute atomic E-state index is 0.0657. The molecule has 0 atom stereocenters. The van der Waals surface area contributed by atoms with E-state index in [9.17, 15) is 4.57 Å². The Morgan fingerprint density at radius 2 is 0.566 bits per heavy atom. The normalized spacial score (nSPS) is 18.7. The van der Waals surface area contributed by atoms with Gasteiger partial charge in [0.1, 0.15) is 0 Å². The number of aryl methyl sites for hydroxylation is 3. The summed E-state index contributed by atoms with van der Waals surface area (Å²) >= 11 is 0. The van der Waals surface area contributed by atoms with Gasteiger partial charge in [-0.15, -0.1) is 0 Å². The molecule has 440 valence electrons. The molecule has 4 nitrogen and oxygen atoms in total. The van der Waals surface area contributed by atoms with Gasteiger partial charge in [-0.25, -0.2) is 4.57 Å². The summed E-state index contributed by atoms with van der Waals surface area (Å²) in [6.07, 6.45) is 17.0. The fraction of sp³-hybridized carbons (Fsp3) is 0.462. The average Bonchev–Trinajstić information content (AvgIpc) is 3.49. The molecule has 0 unspecified atom stereocenters. The lowest BCUT2D eigenvalue weighted by molar-refractivity contribution is 0.0978. The molecule has 83 heavy (non-hydrogen) atoms. The van der Waals surface area contributed by atoms with E-state index in [4.69, 9.17) is 13.6 Å². The quantitative estimate of drug-likeness (QED) is 0.0635. The molecule has 0 saturated carbocycles. The largest absolute Gasteiger partial charge is 0.475 e. The van der Waals surface area contributed by atoms with Gasteiger partial charge in [0.2, 0.25) is 0 Å². The number of hydrogen-bond acceptors (Lipinski definition) is 4. The summed E-state index contributed by atoms with van der Waals surface area (Å²) in [6, 6.07) is 40.0. The van der Waals surface area contributed by atoms with Crippen molar-refractivity contribution in [2.24, 2.45) is 0 Å². The fourth-order valence-corrected chi connectivity index (χ4v) is 14.8. The Bertz CT molecular complexity index is 3130. The Morgan fingerprint density at radius 1 is 0.361 bits per heavy atom. The van der Waals surface area contributed by atoms with Crippen LogP contribution in [0.2, 0.25) is 0 Å². The summed E-state index contributed by atoms with van der Waals surface area (Å²) in [5.41, 5.74) is 27.8. The molecule has 0 fully saturated rings. The highest BCUT2D eigenvalue weighted by atomic mass is 31.2. The molecule has 0 spiro atoms. The monoisotopic (exact) mass is 1130 g/mol. The average molecular weight is 1130 g/mol. The van der Waals surface area contributed by atoms with Crippen LogP contribution in [0.1, 0.15) is 263 Å². The van der Waals surface area contributed by atoms with Crippen LogP contribution in [0.5, 0.6) is 0 Å². The van der Waals surface area contributed by atoms with E-state index in [0.29, 0.717) is 0 Å². The maximum atomic E-state index is 14.9. The van der Waals surface area contributed by atoms with E-state index in [1.807, 2.05) is 0 Å². The summed E-state index contributed by atoms with van der Waals surface area (Å²) in [6.45, 7) is 42.5. The highest BCUT2D eigenvalue weighted by Gasteiger charge is 2.40. The lowest BCUT2D eigenvalue weighted by Crippen LogP contribution is -2.34. The smallest absolute Gasteiger partial charge is 0.282 e. The van der Waals surface area contributed by atoms with Crippen LogP contribution in [0.25, 0.3) is 34.9 Å². The highest BCUT2D eigenvalue weighted by molar-refractivity contribution is 7.48. The van der Waals surface area contributed by atoms with Crippen LogP contribution in [0.15, 0.2) is 109 Å². The minimum Gasteiger partial charge on any atom is -0.282 e. The third-order valence-corrected chi connectivity index (χ3v) is 21.2. The second-order valence-corrected chi connectivity index (χ2v) is 30.7. The van der Waals surface area contributed by atoms with Crippen molar-refractivity contribution >= 4 is 42.8 Å². The predicted molar refractivity (Wildman–Crippen MR) is 355 cm³/mol. The number of hydrogen-bond donors (Lipinski definition) is 0. The molecule has 0 radical (unpaired) electrons. The molecule has 0 amide bonds. The Labute approximate surface area is 502 Å².